The molecule has 2 rings (SSSR count). The van der Waals surface area contributed by atoms with E-state index in [4.69, 9.17) is 5.11 Å². The summed E-state index contributed by atoms with van der Waals surface area (Å²) in [5.41, 5.74) is 0. The molecule has 96 valence electrons. The first-order valence-corrected chi connectivity index (χ1v) is 7.04. The van der Waals surface area contributed by atoms with E-state index in [1.807, 2.05) is 12.1 Å². The van der Waals surface area contributed by atoms with Crippen molar-refractivity contribution in [3.05, 3.63) is 33.2 Å². The van der Waals surface area contributed by atoms with Crippen LogP contribution >= 0.6 is 27.3 Å². The molecular formula is C11H13BrN4OS. The van der Waals surface area contributed by atoms with Crippen molar-refractivity contribution in [2.75, 3.05) is 23.8 Å². The third-order valence-corrected chi connectivity index (χ3v) is 3.78. The van der Waals surface area contributed by atoms with E-state index >= 15 is 0 Å². The summed E-state index contributed by atoms with van der Waals surface area (Å²) in [7, 11) is 0. The molecule has 2 aromatic heterocycles. The molecule has 0 aliphatic carbocycles. The van der Waals surface area contributed by atoms with Gasteiger partial charge in [-0.15, -0.1) is 11.3 Å². The van der Waals surface area contributed by atoms with E-state index in [0.29, 0.717) is 12.4 Å². The number of hydrogen-bond acceptors (Lipinski definition) is 6. The number of nitrogens with one attached hydrogen (secondary N) is 2. The van der Waals surface area contributed by atoms with Crippen molar-refractivity contribution in [1.82, 2.24) is 9.97 Å². The molecule has 0 saturated carbocycles. The number of aliphatic hydroxyl groups excluding tert-OH is 1. The second-order valence-electron chi connectivity index (χ2n) is 3.50. The number of aliphatic hydroxyl groups is 1. The monoisotopic (exact) mass is 328 g/mol. The summed E-state index contributed by atoms with van der Waals surface area (Å²) in [6.07, 6.45) is 1.49. The van der Waals surface area contributed by atoms with Crippen LogP contribution in [0.25, 0.3) is 0 Å². The SMILES string of the molecule is OCCNc1cc(NCc2ccc(Br)s2)ncn1. The van der Waals surface area contributed by atoms with Crippen LogP contribution in [0.2, 0.25) is 0 Å². The number of hydrogen-bond donors (Lipinski definition) is 3. The molecule has 7 heteroatoms. The Bertz CT molecular complexity index is 505. The van der Waals surface area contributed by atoms with E-state index in [0.717, 1.165) is 16.1 Å². The fourth-order valence-electron chi connectivity index (χ4n) is 1.36. The van der Waals surface area contributed by atoms with Crippen LogP contribution in [-0.2, 0) is 6.54 Å². The molecule has 0 amide bonds. The van der Waals surface area contributed by atoms with Crippen molar-refractivity contribution >= 4 is 38.9 Å². The Morgan fingerprint density at radius 3 is 2.67 bits per heavy atom. The molecule has 3 N–H and O–H groups in total. The predicted octanol–water partition coefficient (Wildman–Crippen LogP) is 2.32. The Morgan fingerprint density at radius 1 is 1.22 bits per heavy atom. The molecule has 18 heavy (non-hydrogen) atoms. The van der Waals surface area contributed by atoms with E-state index in [9.17, 15) is 0 Å². The number of nitrogens with zero attached hydrogens (tertiary/aromatic N) is 2. The third-order valence-electron chi connectivity index (χ3n) is 2.16. The Balaban J connectivity index is 1.92. The van der Waals surface area contributed by atoms with E-state index in [1.54, 1.807) is 11.3 Å². The van der Waals surface area contributed by atoms with E-state index in [-0.39, 0.29) is 6.61 Å². The second-order valence-corrected chi connectivity index (χ2v) is 6.05. The van der Waals surface area contributed by atoms with Gasteiger partial charge in [-0.3, -0.25) is 0 Å². The van der Waals surface area contributed by atoms with Crippen molar-refractivity contribution in [2.24, 2.45) is 0 Å². The lowest BCUT2D eigenvalue weighted by Crippen LogP contribution is -2.08. The van der Waals surface area contributed by atoms with Crippen LogP contribution in [0.5, 0.6) is 0 Å². The van der Waals surface area contributed by atoms with Crippen LogP contribution in [-0.4, -0.2) is 28.2 Å². The zero-order valence-corrected chi connectivity index (χ0v) is 12.0. The molecule has 2 heterocycles. The van der Waals surface area contributed by atoms with E-state index < -0.39 is 0 Å². The lowest BCUT2D eigenvalue weighted by atomic mass is 10.4. The fraction of sp³-hybridized carbons (Fsp3) is 0.273. The maximum Gasteiger partial charge on any atom is 0.131 e. The van der Waals surface area contributed by atoms with Gasteiger partial charge in [-0.2, -0.15) is 0 Å². The lowest BCUT2D eigenvalue weighted by Gasteiger charge is -2.06. The first-order valence-electron chi connectivity index (χ1n) is 5.43. The summed E-state index contributed by atoms with van der Waals surface area (Å²) in [4.78, 5) is 9.42. The van der Waals surface area contributed by atoms with Gasteiger partial charge in [-0.1, -0.05) is 0 Å². The zero-order chi connectivity index (χ0) is 12.8. The highest BCUT2D eigenvalue weighted by atomic mass is 79.9. The highest BCUT2D eigenvalue weighted by Crippen LogP contribution is 2.22. The summed E-state index contributed by atoms with van der Waals surface area (Å²) in [5, 5.41) is 14.9. The predicted molar refractivity (Wildman–Crippen MR) is 77.0 cm³/mol. The smallest absolute Gasteiger partial charge is 0.131 e. The van der Waals surface area contributed by atoms with Gasteiger partial charge in [0.25, 0.3) is 0 Å². The molecule has 0 aliphatic heterocycles. The first kappa shape index (κ1) is 13.3. The molecule has 0 aliphatic rings. The number of anilines is 2. The summed E-state index contributed by atoms with van der Waals surface area (Å²) in [6, 6.07) is 5.90. The minimum atomic E-state index is 0.0794. The topological polar surface area (TPSA) is 70.1 Å². The molecule has 0 spiro atoms. The number of thiophene rings is 1. The van der Waals surface area contributed by atoms with Crippen LogP contribution in [0.4, 0.5) is 11.6 Å². The average Bonchev–Trinajstić information content (AvgIpc) is 2.80. The van der Waals surface area contributed by atoms with Gasteiger partial charge < -0.3 is 15.7 Å². The highest BCUT2D eigenvalue weighted by molar-refractivity contribution is 9.11. The van der Waals surface area contributed by atoms with Crippen LogP contribution in [0, 0.1) is 0 Å². The minimum Gasteiger partial charge on any atom is -0.395 e. The van der Waals surface area contributed by atoms with Crippen molar-refractivity contribution in [2.45, 2.75) is 6.54 Å². The van der Waals surface area contributed by atoms with Gasteiger partial charge in [-0.05, 0) is 28.1 Å². The maximum absolute atomic E-state index is 8.73. The zero-order valence-electron chi connectivity index (χ0n) is 9.56. The molecule has 0 unspecified atom stereocenters. The summed E-state index contributed by atoms with van der Waals surface area (Å²) in [6.45, 7) is 1.29. The molecule has 0 saturated heterocycles. The average molecular weight is 329 g/mol. The molecule has 2 aromatic rings. The summed E-state index contributed by atoms with van der Waals surface area (Å²) < 4.78 is 1.12. The summed E-state index contributed by atoms with van der Waals surface area (Å²) >= 11 is 5.12. The second kappa shape index (κ2) is 6.67. The van der Waals surface area contributed by atoms with E-state index in [1.165, 1.54) is 11.2 Å². The molecule has 0 aromatic carbocycles. The third kappa shape index (κ3) is 3.94. The van der Waals surface area contributed by atoms with Crippen LogP contribution < -0.4 is 10.6 Å². The van der Waals surface area contributed by atoms with Gasteiger partial charge in [0.05, 0.1) is 16.9 Å². The van der Waals surface area contributed by atoms with Crippen LogP contribution in [0.1, 0.15) is 4.88 Å². The lowest BCUT2D eigenvalue weighted by molar-refractivity contribution is 0.311. The Morgan fingerprint density at radius 2 is 2.00 bits per heavy atom. The van der Waals surface area contributed by atoms with Gasteiger partial charge in [0, 0.05) is 17.5 Å². The molecular weight excluding hydrogens is 316 g/mol. The van der Waals surface area contributed by atoms with E-state index in [2.05, 4.69) is 42.6 Å². The highest BCUT2D eigenvalue weighted by Gasteiger charge is 2.00. The van der Waals surface area contributed by atoms with Gasteiger partial charge >= 0.3 is 0 Å². The molecule has 0 bridgehead atoms. The van der Waals surface area contributed by atoms with Gasteiger partial charge in [0.2, 0.25) is 0 Å². The van der Waals surface area contributed by atoms with Crippen molar-refractivity contribution in [3.63, 3.8) is 0 Å². The number of aromatic nitrogens is 2. The Labute approximate surface area is 117 Å². The number of halogens is 1. The number of rotatable bonds is 6. The quantitative estimate of drug-likeness (QED) is 0.759. The van der Waals surface area contributed by atoms with Crippen molar-refractivity contribution < 1.29 is 5.11 Å². The van der Waals surface area contributed by atoms with Crippen LogP contribution in [0.3, 0.4) is 0 Å². The van der Waals surface area contributed by atoms with Gasteiger partial charge in [0.1, 0.15) is 18.0 Å². The summed E-state index contributed by atoms with van der Waals surface area (Å²) in [5.74, 6) is 1.46. The molecule has 0 radical (unpaired) electrons. The molecule has 0 fully saturated rings. The Hall–Kier alpha value is -1.18. The van der Waals surface area contributed by atoms with Crippen molar-refractivity contribution in [3.8, 4) is 0 Å². The Kier molecular flexibility index (Phi) is 4.91. The minimum absolute atomic E-state index is 0.0794. The normalized spacial score (nSPS) is 10.3. The van der Waals surface area contributed by atoms with Crippen molar-refractivity contribution in [1.29, 1.82) is 0 Å². The van der Waals surface area contributed by atoms with Gasteiger partial charge in [-0.25, -0.2) is 9.97 Å². The largest absolute Gasteiger partial charge is 0.395 e. The van der Waals surface area contributed by atoms with Gasteiger partial charge in [0.15, 0.2) is 0 Å². The maximum atomic E-state index is 8.73. The standard InChI is InChI=1S/C11H13BrN4OS/c12-9-2-1-8(18-9)6-14-11-5-10(13-3-4-17)15-7-16-11/h1-2,5,7,17H,3-4,6H2,(H2,13,14,15,16). The fourth-order valence-corrected chi connectivity index (χ4v) is 2.78. The molecule has 0 atom stereocenters. The first-order chi connectivity index (χ1) is 8.78. The van der Waals surface area contributed by atoms with Crippen LogP contribution in [0.15, 0.2) is 28.3 Å². The molecule has 5 nitrogen and oxygen atoms in total.